The Morgan fingerprint density at radius 1 is 0.397 bits per heavy atom. The number of rotatable bonds is 7. The predicted molar refractivity (Wildman–Crippen MR) is 285 cm³/mol. The third kappa shape index (κ3) is 21.6. The zero-order valence-electron chi connectivity index (χ0n) is 41.1. The zero-order valence-corrected chi connectivity index (χ0v) is 45.9. The van der Waals surface area contributed by atoms with Crippen molar-refractivity contribution < 1.29 is 56.0 Å². The van der Waals surface area contributed by atoms with Gasteiger partial charge in [0.15, 0.2) is 29.4 Å². The van der Waals surface area contributed by atoms with Gasteiger partial charge >= 0.3 is 23.0 Å². The molecule has 0 aliphatic heterocycles. The molecule has 0 aromatic heterocycles. The second kappa shape index (κ2) is 30.3. The van der Waals surface area contributed by atoms with E-state index in [-0.39, 0.29) is 56.9 Å². The highest BCUT2D eigenvalue weighted by Crippen LogP contribution is 2.34. The molecule has 0 spiro atoms. The molecule has 386 valence electrons. The van der Waals surface area contributed by atoms with Crippen molar-refractivity contribution in [2.75, 3.05) is 18.1 Å². The quantitative estimate of drug-likeness (QED) is 0.0943. The summed E-state index contributed by atoms with van der Waals surface area (Å²) in [5.41, 5.74) is 12.2. The standard InChI is InChI=1S/2C21H21S.C8H8F3N.C7H6F3N.BrH.ClH.O3S/c2*1-16-4-10-19(11-5-16)22(20-12-6-17(2)7-13-20)21-14-8-18(3)9-15-21;1-12-7-4-2-3-6(5-7)8(9,10)11;8-7(9,10)5-2-1-3-6(11)4-5;;;1-4(2)3/h2*4-15H,1-3H3;2-5,12H,1H3;1-4H,11H2;2*1H;/q2*+1;;;;;/p-1. The van der Waals surface area contributed by atoms with Crippen LogP contribution in [0.25, 0.3) is 0 Å². The molecule has 0 bridgehead atoms. The predicted octanol–water partition coefficient (Wildman–Crippen LogP) is 12.9. The molecule has 0 fully saturated rings. The van der Waals surface area contributed by atoms with Crippen molar-refractivity contribution in [2.24, 2.45) is 0 Å². The second-order valence-electron chi connectivity index (χ2n) is 16.1. The van der Waals surface area contributed by atoms with E-state index in [2.05, 4.69) is 192 Å². The summed E-state index contributed by atoms with van der Waals surface area (Å²) in [7, 11) is -1.61. The minimum absolute atomic E-state index is 0. The lowest BCUT2D eigenvalue weighted by molar-refractivity contribution is -0.138. The monoisotopic (exact) mass is 1140 g/mol. The molecule has 0 unspecified atom stereocenters. The Morgan fingerprint density at radius 3 is 0.808 bits per heavy atom. The molecule has 8 aromatic rings. The average molecular weight is 1140 g/mol. The summed E-state index contributed by atoms with van der Waals surface area (Å²) in [4.78, 5) is 8.24. The SMILES string of the molecule is CNc1cccc(C(F)(F)F)c1.Cc1ccc([S+](c2ccc(C)cc2)c2ccc(C)cc2)cc1.Cc1ccc([S+](c2ccc(C)cc2)c2ccc(C)cc2)cc1.Cl.Nc1cccc(C(F)(F)F)c1.O=S(=O)=O.[Br-]. The maximum Gasteiger partial charge on any atom is 0.425 e. The number of nitrogens with two attached hydrogens (primary N) is 1. The molecule has 16 heteroatoms. The van der Waals surface area contributed by atoms with Gasteiger partial charge in [-0.3, -0.25) is 0 Å². The van der Waals surface area contributed by atoms with Gasteiger partial charge in [0.25, 0.3) is 0 Å². The van der Waals surface area contributed by atoms with Gasteiger partial charge in [-0.1, -0.05) is 118 Å². The highest BCUT2D eigenvalue weighted by Gasteiger charge is 2.32. The fourth-order valence-corrected chi connectivity index (χ4v) is 10.5. The maximum absolute atomic E-state index is 12.1. The van der Waals surface area contributed by atoms with Gasteiger partial charge in [0, 0.05) is 18.4 Å². The number of halogens is 8. The van der Waals surface area contributed by atoms with Crippen LogP contribution >= 0.6 is 12.4 Å². The number of anilines is 2. The van der Waals surface area contributed by atoms with Crippen molar-refractivity contribution in [1.82, 2.24) is 0 Å². The van der Waals surface area contributed by atoms with E-state index >= 15 is 0 Å². The first-order valence-electron chi connectivity index (χ1n) is 22.0. The number of nitrogens with one attached hydrogen (secondary N) is 1. The summed E-state index contributed by atoms with van der Waals surface area (Å²) in [6.45, 7) is 12.8. The largest absolute Gasteiger partial charge is 1.00 e. The minimum Gasteiger partial charge on any atom is -1.00 e. The molecule has 0 aliphatic carbocycles. The van der Waals surface area contributed by atoms with Crippen LogP contribution in [0.3, 0.4) is 0 Å². The Balaban J connectivity index is 0.000000335. The summed E-state index contributed by atoms with van der Waals surface area (Å²) in [6.07, 6.45) is -8.55. The van der Waals surface area contributed by atoms with Crippen LogP contribution in [-0.2, 0) is 44.8 Å². The molecule has 3 N–H and O–H groups in total. The van der Waals surface area contributed by atoms with Crippen LogP contribution in [0.5, 0.6) is 0 Å². The van der Waals surface area contributed by atoms with Gasteiger partial charge in [-0.15, -0.1) is 25.0 Å². The van der Waals surface area contributed by atoms with Crippen molar-refractivity contribution in [3.63, 3.8) is 0 Å². The highest BCUT2D eigenvalue weighted by molar-refractivity contribution is 7.97. The van der Waals surface area contributed by atoms with Gasteiger partial charge in [0.05, 0.1) is 32.9 Å². The molecule has 0 aliphatic rings. The molecule has 0 amide bonds. The topological polar surface area (TPSA) is 89.3 Å². The van der Waals surface area contributed by atoms with E-state index in [0.717, 1.165) is 24.3 Å². The van der Waals surface area contributed by atoms with Gasteiger partial charge < -0.3 is 28.0 Å². The Kier molecular flexibility index (Phi) is 26.2. The molecule has 0 saturated heterocycles. The third-order valence-electron chi connectivity index (χ3n) is 10.2. The molecular weight excluding hydrogens is 1090 g/mol. The normalized spacial score (nSPS) is 10.5. The lowest BCUT2D eigenvalue weighted by atomic mass is 10.2. The van der Waals surface area contributed by atoms with Gasteiger partial charge in [-0.2, -0.15) is 26.3 Å². The van der Waals surface area contributed by atoms with Crippen molar-refractivity contribution in [2.45, 2.75) is 83.3 Å². The Hall–Kier alpha value is -5.97. The van der Waals surface area contributed by atoms with Gasteiger partial charge in [-0.05, 0) is 151 Å². The van der Waals surface area contributed by atoms with Crippen molar-refractivity contribution in [3.05, 3.63) is 239 Å². The molecule has 73 heavy (non-hydrogen) atoms. The summed E-state index contributed by atoms with van der Waals surface area (Å²) in [5.74, 6) is 0. The molecule has 0 heterocycles. The van der Waals surface area contributed by atoms with E-state index in [0.29, 0.717) is 5.69 Å². The average Bonchev–Trinajstić information content (AvgIpc) is 3.33. The van der Waals surface area contributed by atoms with Gasteiger partial charge in [0.2, 0.25) is 0 Å². The first-order chi connectivity index (χ1) is 33.5. The van der Waals surface area contributed by atoms with E-state index in [1.54, 1.807) is 13.1 Å². The smallest absolute Gasteiger partial charge is 0.425 e. The number of benzene rings is 8. The van der Waals surface area contributed by atoms with E-state index in [4.69, 9.17) is 18.4 Å². The molecule has 8 aromatic carbocycles. The van der Waals surface area contributed by atoms with Crippen molar-refractivity contribution in [1.29, 1.82) is 0 Å². The van der Waals surface area contributed by atoms with E-state index in [1.807, 2.05) is 0 Å². The Morgan fingerprint density at radius 2 is 0.616 bits per heavy atom. The number of alkyl halides is 6. The number of aryl methyl sites for hydroxylation is 6. The van der Waals surface area contributed by atoms with Gasteiger partial charge in [-0.25, -0.2) is 0 Å². The van der Waals surface area contributed by atoms with Crippen molar-refractivity contribution >= 4 is 56.2 Å². The minimum atomic E-state index is -4.30. The fourth-order valence-electron chi connectivity index (χ4n) is 6.43. The van der Waals surface area contributed by atoms with Crippen molar-refractivity contribution in [3.8, 4) is 0 Å². The maximum atomic E-state index is 12.1. The van der Waals surface area contributed by atoms with Crippen LogP contribution in [0.2, 0.25) is 0 Å². The van der Waals surface area contributed by atoms with Crippen LogP contribution in [0, 0.1) is 41.5 Å². The first-order valence-corrected chi connectivity index (χ1v) is 25.4. The molecule has 0 saturated carbocycles. The molecule has 0 atom stereocenters. The van der Waals surface area contributed by atoms with Crippen LogP contribution in [-0.4, -0.2) is 19.7 Å². The summed E-state index contributed by atoms with van der Waals surface area (Å²) < 4.78 is 97.3. The van der Waals surface area contributed by atoms with E-state index in [9.17, 15) is 26.3 Å². The second-order valence-corrected chi connectivity index (χ2v) is 20.6. The summed E-state index contributed by atoms with van der Waals surface area (Å²) in [6, 6.07) is 63.3. The molecule has 0 radical (unpaired) electrons. The third-order valence-corrected chi connectivity index (χ3v) is 14.7. The number of hydrogen-bond donors (Lipinski definition) is 2. The molecular formula is C57H57BrClF6N2O3S3+. The van der Waals surface area contributed by atoms with Crippen LogP contribution in [0.15, 0.2) is 223 Å². The highest BCUT2D eigenvalue weighted by atomic mass is 79.9. The van der Waals surface area contributed by atoms with Gasteiger partial charge in [0.1, 0.15) is 0 Å². The lowest BCUT2D eigenvalue weighted by Gasteiger charge is -2.09. The number of hydrogen-bond acceptors (Lipinski definition) is 5. The summed E-state index contributed by atoms with van der Waals surface area (Å²) >= 11 is 0. The first kappa shape index (κ1) is 63.1. The van der Waals surface area contributed by atoms with Crippen LogP contribution < -0.4 is 28.0 Å². The Labute approximate surface area is 449 Å². The fraction of sp³-hybridized carbons (Fsp3) is 0.158. The summed E-state index contributed by atoms with van der Waals surface area (Å²) in [5, 5.41) is 2.64. The molecule has 8 rings (SSSR count). The molecule has 5 nitrogen and oxygen atoms in total. The lowest BCUT2D eigenvalue weighted by Crippen LogP contribution is -3.00. The van der Waals surface area contributed by atoms with E-state index in [1.165, 1.54) is 81.0 Å². The van der Waals surface area contributed by atoms with E-state index < -0.39 is 34.1 Å². The Bertz CT molecular complexity index is 2640. The van der Waals surface area contributed by atoms with Crippen LogP contribution in [0.4, 0.5) is 37.7 Å². The van der Waals surface area contributed by atoms with Crippen LogP contribution in [0.1, 0.15) is 44.5 Å². The zero-order chi connectivity index (χ0) is 52.3. The number of nitrogen functional groups attached to an aromatic ring is 1.